The Hall–Kier alpha value is -3.01. The summed E-state index contributed by atoms with van der Waals surface area (Å²) in [5.74, 6) is -0.151. The number of nitrogens with zero attached hydrogens (tertiary/aromatic N) is 5. The molecule has 20 heavy (non-hydrogen) atoms. The molecule has 3 rings (SSSR count). The molecule has 1 aromatic carbocycles. The molecule has 0 aliphatic carbocycles. The van der Waals surface area contributed by atoms with Gasteiger partial charge in [-0.2, -0.15) is 5.26 Å². The van der Waals surface area contributed by atoms with Crippen molar-refractivity contribution in [1.82, 2.24) is 19.5 Å². The van der Waals surface area contributed by atoms with Crippen molar-refractivity contribution < 1.29 is 4.39 Å². The summed E-state index contributed by atoms with van der Waals surface area (Å²) in [4.78, 5) is 12.1. The van der Waals surface area contributed by atoms with Crippen LogP contribution in [0.25, 0.3) is 11.2 Å². The normalized spacial score (nSPS) is 10.6. The zero-order valence-corrected chi connectivity index (χ0v) is 10.3. The van der Waals surface area contributed by atoms with Gasteiger partial charge in [0.15, 0.2) is 11.5 Å². The first-order valence-corrected chi connectivity index (χ1v) is 5.79. The van der Waals surface area contributed by atoms with E-state index in [0.29, 0.717) is 16.7 Å². The van der Waals surface area contributed by atoms with Crippen molar-refractivity contribution in [2.75, 3.05) is 5.73 Å². The Morgan fingerprint density at radius 2 is 2.15 bits per heavy atom. The molecule has 0 amide bonds. The van der Waals surface area contributed by atoms with Gasteiger partial charge in [-0.3, -0.25) is 0 Å². The Labute approximate surface area is 113 Å². The van der Waals surface area contributed by atoms with Crippen LogP contribution < -0.4 is 5.73 Å². The lowest BCUT2D eigenvalue weighted by Gasteiger charge is -2.05. The van der Waals surface area contributed by atoms with Crippen LogP contribution in [0.3, 0.4) is 0 Å². The Bertz CT molecular complexity index is 832. The van der Waals surface area contributed by atoms with E-state index in [9.17, 15) is 4.39 Å². The number of nitrogens with two attached hydrogens (primary N) is 1. The standard InChI is InChI=1S/C13H9FN6/c14-10-3-8(4-15)1-2-9(10)5-20-7-19-11-12(16)17-6-18-13(11)20/h1-3,6-7H,5H2,(H2,16,17,18). The Balaban J connectivity index is 2.02. The molecule has 2 heterocycles. The third-order valence-corrected chi connectivity index (χ3v) is 2.95. The van der Waals surface area contributed by atoms with E-state index in [2.05, 4.69) is 15.0 Å². The van der Waals surface area contributed by atoms with Gasteiger partial charge >= 0.3 is 0 Å². The van der Waals surface area contributed by atoms with Crippen LogP contribution in [0.4, 0.5) is 10.2 Å². The molecule has 6 nitrogen and oxygen atoms in total. The van der Waals surface area contributed by atoms with E-state index in [1.807, 2.05) is 6.07 Å². The maximum atomic E-state index is 13.9. The highest BCUT2D eigenvalue weighted by Crippen LogP contribution is 2.17. The van der Waals surface area contributed by atoms with E-state index in [0.717, 1.165) is 0 Å². The number of halogens is 1. The van der Waals surface area contributed by atoms with Crippen LogP contribution >= 0.6 is 0 Å². The monoisotopic (exact) mass is 268 g/mol. The van der Waals surface area contributed by atoms with Crippen LogP contribution in [0.1, 0.15) is 11.1 Å². The van der Waals surface area contributed by atoms with Crippen molar-refractivity contribution in [1.29, 1.82) is 5.26 Å². The Morgan fingerprint density at radius 3 is 2.90 bits per heavy atom. The van der Waals surface area contributed by atoms with Gasteiger partial charge in [0.25, 0.3) is 0 Å². The molecular formula is C13H9FN6. The van der Waals surface area contributed by atoms with Crippen molar-refractivity contribution in [3.05, 3.63) is 47.8 Å². The first-order valence-electron chi connectivity index (χ1n) is 5.79. The zero-order chi connectivity index (χ0) is 14.1. The number of hydrogen-bond donors (Lipinski definition) is 1. The molecule has 0 saturated carbocycles. The molecule has 3 aromatic rings. The number of nitrogen functional groups attached to an aromatic ring is 1. The maximum Gasteiger partial charge on any atom is 0.165 e. The largest absolute Gasteiger partial charge is 0.382 e. The van der Waals surface area contributed by atoms with Gasteiger partial charge < -0.3 is 10.3 Å². The summed E-state index contributed by atoms with van der Waals surface area (Å²) in [5.41, 5.74) is 7.45. The van der Waals surface area contributed by atoms with Crippen molar-refractivity contribution >= 4 is 17.0 Å². The highest BCUT2D eigenvalue weighted by molar-refractivity contribution is 5.81. The third kappa shape index (κ3) is 1.93. The van der Waals surface area contributed by atoms with Gasteiger partial charge in [-0.25, -0.2) is 19.3 Å². The minimum absolute atomic E-state index is 0.254. The highest BCUT2D eigenvalue weighted by Gasteiger charge is 2.10. The van der Waals surface area contributed by atoms with E-state index in [4.69, 9.17) is 11.0 Å². The number of aromatic nitrogens is 4. The van der Waals surface area contributed by atoms with Crippen LogP contribution in [0.2, 0.25) is 0 Å². The number of hydrogen-bond acceptors (Lipinski definition) is 5. The fraction of sp³-hybridized carbons (Fsp3) is 0.0769. The Morgan fingerprint density at radius 1 is 1.30 bits per heavy atom. The van der Waals surface area contributed by atoms with Gasteiger partial charge in [-0.05, 0) is 12.1 Å². The number of fused-ring (bicyclic) bond motifs is 1. The summed E-state index contributed by atoms with van der Waals surface area (Å²) >= 11 is 0. The van der Waals surface area contributed by atoms with Crippen LogP contribution in [0.15, 0.2) is 30.9 Å². The fourth-order valence-electron chi connectivity index (χ4n) is 1.94. The third-order valence-electron chi connectivity index (χ3n) is 2.95. The molecule has 2 aromatic heterocycles. The van der Waals surface area contributed by atoms with E-state index in [1.54, 1.807) is 16.7 Å². The van der Waals surface area contributed by atoms with Crippen LogP contribution in [0, 0.1) is 17.1 Å². The molecule has 0 radical (unpaired) electrons. The summed E-state index contributed by atoms with van der Waals surface area (Å²) < 4.78 is 15.5. The summed E-state index contributed by atoms with van der Waals surface area (Å²) in [6.45, 7) is 0.254. The minimum atomic E-state index is -0.437. The first kappa shape index (κ1) is 12.0. The summed E-state index contributed by atoms with van der Waals surface area (Å²) in [5, 5.41) is 8.72. The molecule has 0 fully saturated rings. The number of rotatable bonds is 2. The van der Waals surface area contributed by atoms with Crippen LogP contribution in [0.5, 0.6) is 0 Å². The predicted molar refractivity (Wildman–Crippen MR) is 70.0 cm³/mol. The van der Waals surface area contributed by atoms with E-state index >= 15 is 0 Å². The second kappa shape index (κ2) is 4.59. The van der Waals surface area contributed by atoms with E-state index < -0.39 is 5.82 Å². The second-order valence-corrected chi connectivity index (χ2v) is 4.22. The summed E-state index contributed by atoms with van der Waals surface area (Å²) in [7, 11) is 0. The quantitative estimate of drug-likeness (QED) is 0.759. The first-order chi connectivity index (χ1) is 9.69. The lowest BCUT2D eigenvalue weighted by Crippen LogP contribution is -2.02. The van der Waals surface area contributed by atoms with Gasteiger partial charge in [0.2, 0.25) is 0 Å². The Kier molecular flexibility index (Phi) is 2.76. The molecule has 2 N–H and O–H groups in total. The molecule has 0 spiro atoms. The van der Waals surface area contributed by atoms with Crippen LogP contribution in [-0.2, 0) is 6.54 Å². The second-order valence-electron chi connectivity index (χ2n) is 4.22. The van der Waals surface area contributed by atoms with Gasteiger partial charge in [0.1, 0.15) is 17.7 Å². The van der Waals surface area contributed by atoms with E-state index in [-0.39, 0.29) is 17.9 Å². The molecule has 7 heteroatoms. The SMILES string of the molecule is N#Cc1ccc(Cn2cnc3c(N)ncnc32)c(F)c1. The molecule has 0 saturated heterocycles. The molecule has 0 aliphatic rings. The lowest BCUT2D eigenvalue weighted by molar-refractivity contribution is 0.600. The summed E-state index contributed by atoms with van der Waals surface area (Å²) in [6, 6.07) is 6.24. The smallest absolute Gasteiger partial charge is 0.165 e. The number of imidazole rings is 1. The lowest BCUT2D eigenvalue weighted by atomic mass is 10.1. The molecular weight excluding hydrogens is 259 g/mol. The maximum absolute atomic E-state index is 13.9. The van der Waals surface area contributed by atoms with Gasteiger partial charge in [0, 0.05) is 5.56 Å². The van der Waals surface area contributed by atoms with E-state index in [1.165, 1.54) is 18.7 Å². The predicted octanol–water partition coefficient (Wildman–Crippen LogP) is 1.47. The van der Waals surface area contributed by atoms with Crippen LogP contribution in [-0.4, -0.2) is 19.5 Å². The molecule has 0 bridgehead atoms. The minimum Gasteiger partial charge on any atom is -0.382 e. The number of nitriles is 1. The topological polar surface area (TPSA) is 93.4 Å². The van der Waals surface area contributed by atoms with Crippen molar-refractivity contribution in [3.8, 4) is 6.07 Å². The summed E-state index contributed by atoms with van der Waals surface area (Å²) in [6.07, 6.45) is 2.87. The van der Waals surface area contributed by atoms with Crippen molar-refractivity contribution in [2.24, 2.45) is 0 Å². The fourth-order valence-corrected chi connectivity index (χ4v) is 1.94. The number of anilines is 1. The molecule has 0 aliphatic heterocycles. The van der Waals surface area contributed by atoms with Gasteiger partial charge in [0.05, 0.1) is 24.5 Å². The van der Waals surface area contributed by atoms with Gasteiger partial charge in [-0.15, -0.1) is 0 Å². The molecule has 0 atom stereocenters. The number of benzene rings is 1. The highest BCUT2D eigenvalue weighted by atomic mass is 19.1. The molecule has 98 valence electrons. The average Bonchev–Trinajstić information content (AvgIpc) is 2.86. The zero-order valence-electron chi connectivity index (χ0n) is 10.3. The van der Waals surface area contributed by atoms with Crippen molar-refractivity contribution in [2.45, 2.75) is 6.54 Å². The van der Waals surface area contributed by atoms with Gasteiger partial charge in [-0.1, -0.05) is 6.07 Å². The van der Waals surface area contributed by atoms with Crippen molar-refractivity contribution in [3.63, 3.8) is 0 Å². The average molecular weight is 268 g/mol. The molecule has 0 unspecified atom stereocenters.